The first kappa shape index (κ1) is 21.2. The molecule has 0 saturated carbocycles. The molecule has 2 bridgehead atoms. The highest BCUT2D eigenvalue weighted by molar-refractivity contribution is 5.38. The number of aliphatic hydroxyl groups is 1. The summed E-state index contributed by atoms with van der Waals surface area (Å²) in [6.45, 7) is 3.11. The fraction of sp³-hybridized carbons (Fsp3) is 0.357. The number of hydrogen-bond acceptors (Lipinski definition) is 4. The molecule has 4 heteroatoms. The van der Waals surface area contributed by atoms with E-state index in [0.29, 0.717) is 23.9 Å². The summed E-state index contributed by atoms with van der Waals surface area (Å²) in [5.41, 5.74) is 4.78. The van der Waals surface area contributed by atoms with Gasteiger partial charge in [-0.15, -0.1) is 0 Å². The van der Waals surface area contributed by atoms with Gasteiger partial charge in [0.05, 0.1) is 13.7 Å². The van der Waals surface area contributed by atoms with E-state index in [-0.39, 0.29) is 6.61 Å². The Morgan fingerprint density at radius 2 is 1.69 bits per heavy atom. The molecule has 2 aliphatic heterocycles. The third kappa shape index (κ3) is 4.06. The van der Waals surface area contributed by atoms with E-state index in [0.717, 1.165) is 30.0 Å². The molecule has 3 aromatic carbocycles. The monoisotopic (exact) mass is 428 g/mol. The second kappa shape index (κ2) is 9.45. The number of aliphatic hydroxyl groups excluding tert-OH is 1. The Hall–Kier alpha value is -2.66. The van der Waals surface area contributed by atoms with Gasteiger partial charge in [-0.2, -0.15) is 0 Å². The minimum Gasteiger partial charge on any atom is -0.496 e. The number of hydrogen-bond donors (Lipinski definition) is 2. The fourth-order valence-electron chi connectivity index (χ4n) is 5.79. The van der Waals surface area contributed by atoms with Crippen molar-refractivity contribution < 1.29 is 9.84 Å². The number of fused-ring (bicyclic) bond motifs is 2. The van der Waals surface area contributed by atoms with E-state index in [1.54, 1.807) is 7.11 Å². The first-order chi connectivity index (χ1) is 15.8. The lowest BCUT2D eigenvalue weighted by Crippen LogP contribution is -2.50. The maximum absolute atomic E-state index is 9.59. The summed E-state index contributed by atoms with van der Waals surface area (Å²) in [6, 6.07) is 28.7. The van der Waals surface area contributed by atoms with Crippen LogP contribution in [0.3, 0.4) is 0 Å². The second-order valence-corrected chi connectivity index (χ2v) is 9.04. The molecule has 2 saturated heterocycles. The summed E-state index contributed by atoms with van der Waals surface area (Å²) in [5, 5.41) is 13.5. The molecule has 166 valence electrons. The van der Waals surface area contributed by atoms with Gasteiger partial charge in [0, 0.05) is 36.7 Å². The summed E-state index contributed by atoms with van der Waals surface area (Å²) in [6.07, 6.45) is 1.25. The Labute approximate surface area is 190 Å². The fourth-order valence-corrected chi connectivity index (χ4v) is 5.79. The molecule has 5 rings (SSSR count). The minimum atomic E-state index is 0.0452. The lowest BCUT2D eigenvalue weighted by molar-refractivity contribution is 0.197. The third-order valence-electron chi connectivity index (χ3n) is 7.27. The summed E-state index contributed by atoms with van der Waals surface area (Å²) >= 11 is 0. The van der Waals surface area contributed by atoms with Crippen molar-refractivity contribution in [1.82, 2.24) is 10.2 Å². The topological polar surface area (TPSA) is 44.7 Å². The zero-order valence-corrected chi connectivity index (χ0v) is 18.7. The standard InChI is InChI=1S/C28H32N2O2/c1-32-25-13-12-20(19-31)16-24(25)17-29-27-23-14-15-30(18-23)28(27)26(21-8-4-2-5-9-21)22-10-6-3-7-11-22/h2-13,16,23,26-29,31H,14-15,17-19H2,1H3. The van der Waals surface area contributed by atoms with Gasteiger partial charge in [0.15, 0.2) is 0 Å². The van der Waals surface area contributed by atoms with Crippen molar-refractivity contribution in [3.8, 4) is 5.75 Å². The highest BCUT2D eigenvalue weighted by Gasteiger charge is 2.49. The van der Waals surface area contributed by atoms with E-state index >= 15 is 0 Å². The van der Waals surface area contributed by atoms with Gasteiger partial charge in [0.2, 0.25) is 0 Å². The van der Waals surface area contributed by atoms with Crippen LogP contribution < -0.4 is 10.1 Å². The molecule has 2 fully saturated rings. The van der Waals surface area contributed by atoms with Crippen LogP contribution in [-0.2, 0) is 13.2 Å². The Balaban J connectivity index is 1.46. The van der Waals surface area contributed by atoms with Gasteiger partial charge < -0.3 is 15.2 Å². The SMILES string of the molecule is COc1ccc(CO)cc1CNC1C2CCN(C2)C1C(c1ccccc1)c1ccccc1. The van der Waals surface area contributed by atoms with E-state index in [1.807, 2.05) is 12.1 Å². The number of piperidine rings is 1. The van der Waals surface area contributed by atoms with Gasteiger partial charge in [-0.3, -0.25) is 4.90 Å². The maximum Gasteiger partial charge on any atom is 0.123 e. The maximum atomic E-state index is 9.59. The van der Waals surface area contributed by atoms with Crippen LogP contribution in [0.5, 0.6) is 5.75 Å². The van der Waals surface area contributed by atoms with Gasteiger partial charge in [-0.1, -0.05) is 66.7 Å². The molecule has 32 heavy (non-hydrogen) atoms. The molecule has 4 atom stereocenters. The summed E-state index contributed by atoms with van der Waals surface area (Å²) < 4.78 is 5.60. The molecular weight excluding hydrogens is 396 g/mol. The van der Waals surface area contributed by atoms with Crippen molar-refractivity contribution in [2.75, 3.05) is 20.2 Å². The van der Waals surface area contributed by atoms with Gasteiger partial charge >= 0.3 is 0 Å². The molecule has 2 heterocycles. The lowest BCUT2D eigenvalue weighted by Gasteiger charge is -2.39. The molecule has 0 aliphatic carbocycles. The Kier molecular flexibility index (Phi) is 6.26. The van der Waals surface area contributed by atoms with Crippen molar-refractivity contribution >= 4 is 0 Å². The molecule has 3 aromatic rings. The van der Waals surface area contributed by atoms with Crippen LogP contribution in [0.25, 0.3) is 0 Å². The highest BCUT2D eigenvalue weighted by atomic mass is 16.5. The molecule has 2 aliphatic rings. The van der Waals surface area contributed by atoms with Gasteiger partial charge in [0.1, 0.15) is 5.75 Å². The van der Waals surface area contributed by atoms with Gasteiger partial charge in [0.25, 0.3) is 0 Å². The van der Waals surface area contributed by atoms with Crippen LogP contribution >= 0.6 is 0 Å². The van der Waals surface area contributed by atoms with Crippen molar-refractivity contribution in [2.24, 2.45) is 5.92 Å². The predicted octanol–water partition coefficient (Wildman–Crippen LogP) is 4.18. The Bertz CT molecular complexity index is 985. The largest absolute Gasteiger partial charge is 0.496 e. The van der Waals surface area contributed by atoms with E-state index in [2.05, 4.69) is 76.9 Å². The van der Waals surface area contributed by atoms with Crippen molar-refractivity contribution in [1.29, 1.82) is 0 Å². The second-order valence-electron chi connectivity index (χ2n) is 9.04. The number of ether oxygens (including phenoxy) is 1. The number of benzene rings is 3. The van der Waals surface area contributed by atoms with Crippen LogP contribution in [0.1, 0.15) is 34.6 Å². The number of nitrogens with one attached hydrogen (secondary N) is 1. The van der Waals surface area contributed by atoms with Crippen LogP contribution in [0.15, 0.2) is 78.9 Å². The predicted molar refractivity (Wildman–Crippen MR) is 128 cm³/mol. The minimum absolute atomic E-state index is 0.0452. The molecule has 0 amide bonds. The molecule has 4 nitrogen and oxygen atoms in total. The average Bonchev–Trinajstić information content (AvgIpc) is 3.46. The van der Waals surface area contributed by atoms with Crippen molar-refractivity contribution in [3.63, 3.8) is 0 Å². The summed E-state index contributed by atoms with van der Waals surface area (Å²) in [7, 11) is 1.71. The zero-order valence-electron chi connectivity index (χ0n) is 18.7. The van der Waals surface area contributed by atoms with Crippen molar-refractivity contribution in [2.45, 2.75) is 37.6 Å². The molecular formula is C28H32N2O2. The first-order valence-electron chi connectivity index (χ1n) is 11.6. The van der Waals surface area contributed by atoms with E-state index in [4.69, 9.17) is 4.74 Å². The molecule has 0 aromatic heterocycles. The molecule has 4 unspecified atom stereocenters. The van der Waals surface area contributed by atoms with Gasteiger partial charge in [-0.05, 0) is 47.7 Å². The Morgan fingerprint density at radius 1 is 1.00 bits per heavy atom. The van der Waals surface area contributed by atoms with E-state index in [1.165, 1.54) is 24.1 Å². The van der Waals surface area contributed by atoms with Crippen LogP contribution in [0.4, 0.5) is 0 Å². The zero-order chi connectivity index (χ0) is 21.9. The van der Waals surface area contributed by atoms with Crippen LogP contribution in [-0.4, -0.2) is 42.3 Å². The van der Waals surface area contributed by atoms with Crippen LogP contribution in [0.2, 0.25) is 0 Å². The first-order valence-corrected chi connectivity index (χ1v) is 11.6. The molecule has 0 radical (unpaired) electrons. The quantitative estimate of drug-likeness (QED) is 0.565. The van der Waals surface area contributed by atoms with Crippen LogP contribution in [0, 0.1) is 5.92 Å². The van der Waals surface area contributed by atoms with E-state index < -0.39 is 0 Å². The molecule has 0 spiro atoms. The normalized spacial score (nSPS) is 24.2. The molecule has 2 N–H and O–H groups in total. The van der Waals surface area contributed by atoms with Gasteiger partial charge in [-0.25, -0.2) is 0 Å². The van der Waals surface area contributed by atoms with E-state index in [9.17, 15) is 5.11 Å². The smallest absolute Gasteiger partial charge is 0.123 e. The number of nitrogens with zero attached hydrogens (tertiary/aromatic N) is 1. The lowest BCUT2D eigenvalue weighted by atomic mass is 9.78. The number of rotatable bonds is 8. The number of methoxy groups -OCH3 is 1. The van der Waals surface area contributed by atoms with Crippen molar-refractivity contribution in [3.05, 3.63) is 101 Å². The summed E-state index contributed by atoms with van der Waals surface area (Å²) in [5.74, 6) is 1.85. The highest BCUT2D eigenvalue weighted by Crippen LogP contribution is 2.43. The summed E-state index contributed by atoms with van der Waals surface area (Å²) in [4.78, 5) is 2.69. The Morgan fingerprint density at radius 3 is 2.31 bits per heavy atom. The average molecular weight is 429 g/mol. The third-order valence-corrected chi connectivity index (χ3v) is 7.27.